The summed E-state index contributed by atoms with van der Waals surface area (Å²) in [6.07, 6.45) is 8.34. The van der Waals surface area contributed by atoms with Gasteiger partial charge in [0.05, 0.1) is 0 Å². The molecule has 66 valence electrons. The minimum atomic E-state index is 0.372. The van der Waals surface area contributed by atoms with Crippen molar-refractivity contribution in [3.8, 4) is 0 Å². The van der Waals surface area contributed by atoms with Crippen molar-refractivity contribution in [3.63, 3.8) is 0 Å². The van der Waals surface area contributed by atoms with Gasteiger partial charge < -0.3 is 4.74 Å². The number of carbonyl (C=O) groups is 1. The van der Waals surface area contributed by atoms with E-state index in [1.54, 1.807) is 0 Å². The third kappa shape index (κ3) is 1.47. The number of ether oxygens (including phenoxy) is 1. The van der Waals surface area contributed by atoms with E-state index < -0.39 is 0 Å². The van der Waals surface area contributed by atoms with Gasteiger partial charge in [-0.3, -0.25) is 4.79 Å². The van der Waals surface area contributed by atoms with E-state index in [1.807, 2.05) is 12.2 Å². The molecule has 13 heavy (non-hydrogen) atoms. The first kappa shape index (κ1) is 8.05. The zero-order valence-electron chi connectivity index (χ0n) is 7.41. The van der Waals surface area contributed by atoms with Gasteiger partial charge in [-0.2, -0.15) is 0 Å². The topological polar surface area (TPSA) is 26.3 Å². The summed E-state index contributed by atoms with van der Waals surface area (Å²) in [5, 5.41) is 0. The summed E-state index contributed by atoms with van der Waals surface area (Å²) in [6.45, 7) is 2.92. The predicted molar refractivity (Wildman–Crippen MR) is 50.0 cm³/mol. The lowest BCUT2D eigenvalue weighted by Gasteiger charge is -1.94. The first-order valence-electron chi connectivity index (χ1n) is 4.17. The SMILES string of the molecule is CC1=CC2=CC(COC=O)=CC2=C1. The van der Waals surface area contributed by atoms with E-state index in [1.165, 1.54) is 16.7 Å². The molecule has 0 amide bonds. The summed E-state index contributed by atoms with van der Waals surface area (Å²) in [6, 6.07) is 0. The zero-order chi connectivity index (χ0) is 9.26. The third-order valence-corrected chi connectivity index (χ3v) is 2.10. The van der Waals surface area contributed by atoms with E-state index in [2.05, 4.69) is 23.8 Å². The summed E-state index contributed by atoms with van der Waals surface area (Å²) in [5.74, 6) is 0. The molecule has 2 aliphatic carbocycles. The summed E-state index contributed by atoms with van der Waals surface area (Å²) in [7, 11) is 0. The number of rotatable bonds is 3. The molecule has 0 saturated carbocycles. The van der Waals surface area contributed by atoms with Crippen LogP contribution in [0.4, 0.5) is 0 Å². The minimum Gasteiger partial charge on any atom is -0.463 e. The molecular formula is C11H10O2. The van der Waals surface area contributed by atoms with E-state index in [0.29, 0.717) is 13.1 Å². The average Bonchev–Trinajstić information content (AvgIpc) is 2.57. The lowest BCUT2D eigenvalue weighted by molar-refractivity contribution is -0.127. The Labute approximate surface area is 76.9 Å². The first-order valence-corrected chi connectivity index (χ1v) is 4.17. The molecule has 0 heterocycles. The van der Waals surface area contributed by atoms with Crippen molar-refractivity contribution in [1.82, 2.24) is 0 Å². The van der Waals surface area contributed by atoms with Crippen LogP contribution in [0.15, 0.2) is 46.6 Å². The first-order chi connectivity index (χ1) is 6.29. The fourth-order valence-electron chi connectivity index (χ4n) is 1.60. The molecule has 0 aromatic rings. The maximum Gasteiger partial charge on any atom is 0.293 e. The molecule has 2 rings (SSSR count). The van der Waals surface area contributed by atoms with Gasteiger partial charge in [0.1, 0.15) is 6.61 Å². The van der Waals surface area contributed by atoms with Gasteiger partial charge >= 0.3 is 0 Å². The molecular weight excluding hydrogens is 164 g/mol. The van der Waals surface area contributed by atoms with Gasteiger partial charge in [0.25, 0.3) is 6.47 Å². The number of hydrogen-bond acceptors (Lipinski definition) is 2. The third-order valence-electron chi connectivity index (χ3n) is 2.10. The lowest BCUT2D eigenvalue weighted by atomic mass is 10.2. The van der Waals surface area contributed by atoms with Crippen LogP contribution in [0, 0.1) is 0 Å². The Morgan fingerprint density at radius 2 is 2.00 bits per heavy atom. The van der Waals surface area contributed by atoms with E-state index in [4.69, 9.17) is 0 Å². The molecule has 0 N–H and O–H groups in total. The molecule has 0 bridgehead atoms. The van der Waals surface area contributed by atoms with Crippen molar-refractivity contribution in [3.05, 3.63) is 46.6 Å². The van der Waals surface area contributed by atoms with E-state index in [9.17, 15) is 4.79 Å². The van der Waals surface area contributed by atoms with Crippen LogP contribution < -0.4 is 0 Å². The Kier molecular flexibility index (Phi) is 1.89. The maximum absolute atomic E-state index is 9.96. The highest BCUT2D eigenvalue weighted by atomic mass is 16.5. The van der Waals surface area contributed by atoms with Crippen LogP contribution >= 0.6 is 0 Å². The van der Waals surface area contributed by atoms with Crippen molar-refractivity contribution >= 4 is 6.47 Å². The normalized spacial score (nSPS) is 18.5. The summed E-state index contributed by atoms with van der Waals surface area (Å²) in [4.78, 5) is 9.96. The smallest absolute Gasteiger partial charge is 0.293 e. The van der Waals surface area contributed by atoms with Gasteiger partial charge in [-0.25, -0.2) is 0 Å². The summed E-state index contributed by atoms with van der Waals surface area (Å²) < 4.78 is 4.67. The molecule has 2 heteroatoms. The van der Waals surface area contributed by atoms with Gasteiger partial charge in [0.2, 0.25) is 0 Å². The van der Waals surface area contributed by atoms with Crippen molar-refractivity contribution in [2.75, 3.05) is 6.61 Å². The van der Waals surface area contributed by atoms with Gasteiger partial charge in [-0.05, 0) is 41.4 Å². The largest absolute Gasteiger partial charge is 0.463 e. The second kappa shape index (κ2) is 3.05. The van der Waals surface area contributed by atoms with Gasteiger partial charge in [0, 0.05) is 0 Å². The van der Waals surface area contributed by atoms with Crippen molar-refractivity contribution < 1.29 is 9.53 Å². The number of allylic oxidation sites excluding steroid dienone is 6. The van der Waals surface area contributed by atoms with E-state index in [0.717, 1.165) is 5.57 Å². The molecule has 2 aliphatic rings. The van der Waals surface area contributed by atoms with Crippen LogP contribution in [0.25, 0.3) is 0 Å². The van der Waals surface area contributed by atoms with Crippen molar-refractivity contribution in [2.24, 2.45) is 0 Å². The average molecular weight is 174 g/mol. The molecule has 0 aromatic heterocycles. The highest BCUT2D eigenvalue weighted by Crippen LogP contribution is 2.31. The zero-order valence-corrected chi connectivity index (χ0v) is 7.41. The monoisotopic (exact) mass is 174 g/mol. The number of carbonyl (C=O) groups excluding carboxylic acids is 1. The van der Waals surface area contributed by atoms with Crippen LogP contribution in [-0.4, -0.2) is 13.1 Å². The molecule has 0 atom stereocenters. The minimum absolute atomic E-state index is 0.372. The quantitative estimate of drug-likeness (QED) is 0.611. The highest BCUT2D eigenvalue weighted by Gasteiger charge is 2.14. The second-order valence-corrected chi connectivity index (χ2v) is 3.21. The molecule has 0 aromatic carbocycles. The molecule has 0 unspecified atom stereocenters. The Bertz CT molecular complexity index is 368. The number of hydrogen-bond donors (Lipinski definition) is 0. The molecule has 0 saturated heterocycles. The number of fused-ring (bicyclic) bond motifs is 1. The fourth-order valence-corrected chi connectivity index (χ4v) is 1.60. The van der Waals surface area contributed by atoms with Crippen LogP contribution in [0.3, 0.4) is 0 Å². The van der Waals surface area contributed by atoms with Crippen LogP contribution in [0.1, 0.15) is 6.92 Å². The van der Waals surface area contributed by atoms with Gasteiger partial charge in [0.15, 0.2) is 0 Å². The highest BCUT2D eigenvalue weighted by molar-refractivity contribution is 5.64. The second-order valence-electron chi connectivity index (χ2n) is 3.21. The van der Waals surface area contributed by atoms with Crippen molar-refractivity contribution in [1.29, 1.82) is 0 Å². The summed E-state index contributed by atoms with van der Waals surface area (Å²) in [5.41, 5.74) is 4.77. The molecule has 0 aliphatic heterocycles. The lowest BCUT2D eigenvalue weighted by Crippen LogP contribution is -1.91. The Morgan fingerprint density at radius 1 is 1.23 bits per heavy atom. The van der Waals surface area contributed by atoms with Gasteiger partial charge in [-0.1, -0.05) is 12.2 Å². The van der Waals surface area contributed by atoms with Gasteiger partial charge in [-0.15, -0.1) is 0 Å². The summed E-state index contributed by atoms with van der Waals surface area (Å²) >= 11 is 0. The Balaban J connectivity index is 2.11. The van der Waals surface area contributed by atoms with E-state index in [-0.39, 0.29) is 0 Å². The van der Waals surface area contributed by atoms with E-state index >= 15 is 0 Å². The maximum atomic E-state index is 9.96. The molecule has 0 spiro atoms. The van der Waals surface area contributed by atoms with Crippen LogP contribution in [-0.2, 0) is 9.53 Å². The molecule has 2 nitrogen and oxygen atoms in total. The standard InChI is InChI=1S/C11H10O2/c1-8-2-10-4-9(6-13-7-12)5-11(10)3-8/h2-5,7H,6H2,1H3. The molecule has 0 radical (unpaired) electrons. The van der Waals surface area contributed by atoms with Crippen LogP contribution in [0.5, 0.6) is 0 Å². The van der Waals surface area contributed by atoms with Crippen LogP contribution in [0.2, 0.25) is 0 Å². The Morgan fingerprint density at radius 3 is 2.69 bits per heavy atom. The fraction of sp³-hybridized carbons (Fsp3) is 0.182. The molecule has 0 fully saturated rings. The van der Waals surface area contributed by atoms with Crippen molar-refractivity contribution in [2.45, 2.75) is 6.92 Å². The predicted octanol–water partition coefficient (Wildman–Crippen LogP) is 1.91. The Hall–Kier alpha value is -1.57.